The fraction of sp³-hybridized carbons (Fsp3) is 0.296. The number of carbonyl (C=O) groups is 1. The number of aliphatic hydroxyl groups excluding tert-OH is 1. The lowest BCUT2D eigenvalue weighted by atomic mass is 9.98. The summed E-state index contributed by atoms with van der Waals surface area (Å²) in [5.74, 6) is 1.06. The molecule has 1 saturated carbocycles. The lowest BCUT2D eigenvalue weighted by molar-refractivity contribution is -0.136. The van der Waals surface area contributed by atoms with Crippen molar-refractivity contribution in [2.24, 2.45) is 11.7 Å². The maximum Gasteiger partial charge on any atom is 0.307 e. The Kier molecular flexibility index (Phi) is 7.27. The minimum atomic E-state index is -0.898. The zero-order valence-electron chi connectivity index (χ0n) is 18.4. The Labute approximate surface area is 193 Å². The number of carboxylic acids is 1. The highest BCUT2D eigenvalue weighted by atomic mass is 16.5. The molecule has 0 aliphatic heterocycles. The second-order valence-corrected chi connectivity index (χ2v) is 8.50. The number of aliphatic hydroxyl groups is 1. The quantitative estimate of drug-likeness (QED) is 0.404. The van der Waals surface area contributed by atoms with Crippen molar-refractivity contribution in [3.63, 3.8) is 0 Å². The smallest absolute Gasteiger partial charge is 0.307 e. The summed E-state index contributed by atoms with van der Waals surface area (Å²) in [4.78, 5) is 11.2. The first-order chi connectivity index (χ1) is 16.0. The first-order valence-corrected chi connectivity index (χ1v) is 11.2. The van der Waals surface area contributed by atoms with Crippen LogP contribution in [0, 0.1) is 5.92 Å². The molecule has 6 nitrogen and oxygen atoms in total. The van der Waals surface area contributed by atoms with E-state index in [4.69, 9.17) is 20.3 Å². The highest BCUT2D eigenvalue weighted by Gasteiger charge is 2.22. The van der Waals surface area contributed by atoms with Crippen LogP contribution in [0.25, 0.3) is 11.1 Å². The molecule has 4 N–H and O–H groups in total. The first kappa shape index (κ1) is 22.8. The van der Waals surface area contributed by atoms with Gasteiger partial charge in [-0.2, -0.15) is 0 Å². The molecular weight excluding hydrogens is 418 g/mol. The standard InChI is InChI=1S/C27H29NO5/c28-25(15-29)21-6-3-5-20(12-21)23-10-19(11-24(13-23)32-16-18-8-9-18)17-33-26-7-2-1-4-22(26)14-27(30)31/h1-7,10-13,18,25,29H,8-9,14-17,28H2,(H,30,31)/t25-/m1/s1. The molecular formula is C27H29NO5. The average molecular weight is 448 g/mol. The molecule has 0 aromatic heterocycles. The van der Waals surface area contributed by atoms with Crippen molar-refractivity contribution in [2.45, 2.75) is 31.9 Å². The molecule has 0 heterocycles. The Balaban J connectivity index is 1.60. The lowest BCUT2D eigenvalue weighted by Crippen LogP contribution is -2.14. The van der Waals surface area contributed by atoms with Crippen molar-refractivity contribution < 1.29 is 24.5 Å². The van der Waals surface area contributed by atoms with Crippen LogP contribution in [0.3, 0.4) is 0 Å². The minimum Gasteiger partial charge on any atom is -0.493 e. The van der Waals surface area contributed by atoms with Crippen molar-refractivity contribution in [3.8, 4) is 22.6 Å². The number of benzene rings is 3. The zero-order valence-corrected chi connectivity index (χ0v) is 18.4. The van der Waals surface area contributed by atoms with Crippen molar-refractivity contribution in [3.05, 3.63) is 83.4 Å². The van der Waals surface area contributed by atoms with Crippen LogP contribution >= 0.6 is 0 Å². The summed E-state index contributed by atoms with van der Waals surface area (Å²) >= 11 is 0. The third-order valence-electron chi connectivity index (χ3n) is 5.70. The number of carboxylic acid groups (broad SMARTS) is 1. The van der Waals surface area contributed by atoms with Crippen LogP contribution in [0.5, 0.6) is 11.5 Å². The van der Waals surface area contributed by atoms with Crippen molar-refractivity contribution in [1.82, 2.24) is 0 Å². The van der Waals surface area contributed by atoms with Crippen LogP contribution in [0.2, 0.25) is 0 Å². The molecule has 1 aliphatic carbocycles. The van der Waals surface area contributed by atoms with E-state index < -0.39 is 12.0 Å². The van der Waals surface area contributed by atoms with Gasteiger partial charge in [-0.15, -0.1) is 0 Å². The fourth-order valence-corrected chi connectivity index (χ4v) is 3.66. The van der Waals surface area contributed by atoms with Gasteiger partial charge in [-0.05, 0) is 71.3 Å². The van der Waals surface area contributed by atoms with Gasteiger partial charge < -0.3 is 25.4 Å². The molecule has 0 unspecified atom stereocenters. The van der Waals surface area contributed by atoms with Gasteiger partial charge in [0.25, 0.3) is 0 Å². The highest BCUT2D eigenvalue weighted by Crippen LogP contribution is 2.32. The molecule has 0 radical (unpaired) electrons. The number of rotatable bonds is 11. The Hall–Kier alpha value is -3.35. The van der Waals surface area contributed by atoms with E-state index in [0.717, 1.165) is 28.0 Å². The molecule has 1 fully saturated rings. The van der Waals surface area contributed by atoms with Crippen molar-refractivity contribution in [2.75, 3.05) is 13.2 Å². The van der Waals surface area contributed by atoms with Crippen molar-refractivity contribution in [1.29, 1.82) is 0 Å². The molecule has 33 heavy (non-hydrogen) atoms. The molecule has 1 aliphatic rings. The van der Waals surface area contributed by atoms with Gasteiger partial charge in [-0.25, -0.2) is 0 Å². The number of ether oxygens (including phenoxy) is 2. The van der Waals surface area contributed by atoms with E-state index in [1.54, 1.807) is 18.2 Å². The zero-order chi connectivity index (χ0) is 23.2. The summed E-state index contributed by atoms with van der Waals surface area (Å²) in [6.45, 7) is 0.851. The highest BCUT2D eigenvalue weighted by molar-refractivity contribution is 5.71. The van der Waals surface area contributed by atoms with Gasteiger partial charge in [0.1, 0.15) is 18.1 Å². The molecule has 0 saturated heterocycles. The van der Waals surface area contributed by atoms with Crippen LogP contribution in [0.1, 0.15) is 35.6 Å². The summed E-state index contributed by atoms with van der Waals surface area (Å²) in [7, 11) is 0. The summed E-state index contributed by atoms with van der Waals surface area (Å²) < 4.78 is 12.1. The molecule has 172 valence electrons. The van der Waals surface area contributed by atoms with Gasteiger partial charge >= 0.3 is 5.97 Å². The number of hydrogen-bond donors (Lipinski definition) is 3. The van der Waals surface area contributed by atoms with Crippen LogP contribution in [0.4, 0.5) is 0 Å². The van der Waals surface area contributed by atoms with E-state index in [1.807, 2.05) is 48.5 Å². The summed E-state index contributed by atoms with van der Waals surface area (Å²) in [5, 5.41) is 18.6. The van der Waals surface area contributed by atoms with Gasteiger partial charge in [0.15, 0.2) is 0 Å². The molecule has 3 aromatic carbocycles. The van der Waals surface area contributed by atoms with Crippen LogP contribution in [-0.4, -0.2) is 29.4 Å². The summed E-state index contributed by atoms with van der Waals surface area (Å²) in [5.41, 5.74) is 10.4. The number of para-hydroxylation sites is 1. The predicted octanol–water partition coefficient (Wildman–Crippen LogP) is 4.34. The number of aliphatic carboxylic acids is 1. The first-order valence-electron chi connectivity index (χ1n) is 11.2. The number of hydrogen-bond acceptors (Lipinski definition) is 5. The van der Waals surface area contributed by atoms with E-state index in [9.17, 15) is 9.90 Å². The van der Waals surface area contributed by atoms with Gasteiger partial charge in [0.2, 0.25) is 0 Å². The van der Waals surface area contributed by atoms with Gasteiger partial charge in [0, 0.05) is 5.56 Å². The lowest BCUT2D eigenvalue weighted by Gasteiger charge is -2.15. The molecule has 6 heteroatoms. The summed E-state index contributed by atoms with van der Waals surface area (Å²) in [6.07, 6.45) is 2.32. The third kappa shape index (κ3) is 6.34. The minimum absolute atomic E-state index is 0.0934. The van der Waals surface area contributed by atoms with Crippen LogP contribution < -0.4 is 15.2 Å². The van der Waals surface area contributed by atoms with Gasteiger partial charge in [-0.1, -0.05) is 36.4 Å². The van der Waals surface area contributed by atoms with E-state index in [2.05, 4.69) is 0 Å². The third-order valence-corrected chi connectivity index (χ3v) is 5.70. The maximum absolute atomic E-state index is 11.2. The molecule has 4 rings (SSSR count). The average Bonchev–Trinajstić information content (AvgIpc) is 3.66. The SMILES string of the molecule is N[C@H](CO)c1cccc(-c2cc(COc3ccccc3CC(=O)O)cc(OCC3CC3)c2)c1. The molecule has 0 amide bonds. The Bertz CT molecular complexity index is 1110. The van der Waals surface area contributed by atoms with E-state index in [0.29, 0.717) is 23.8 Å². The number of nitrogens with two attached hydrogens (primary N) is 1. The summed E-state index contributed by atoms with van der Waals surface area (Å²) in [6, 6.07) is 20.6. The van der Waals surface area contributed by atoms with E-state index in [-0.39, 0.29) is 19.6 Å². The van der Waals surface area contributed by atoms with E-state index in [1.165, 1.54) is 12.8 Å². The molecule has 0 bridgehead atoms. The van der Waals surface area contributed by atoms with E-state index >= 15 is 0 Å². The maximum atomic E-state index is 11.2. The second kappa shape index (κ2) is 10.5. The Morgan fingerprint density at radius 1 is 1.00 bits per heavy atom. The van der Waals surface area contributed by atoms with Gasteiger partial charge in [0.05, 0.1) is 25.7 Å². The van der Waals surface area contributed by atoms with Crippen LogP contribution in [-0.2, 0) is 17.8 Å². The fourth-order valence-electron chi connectivity index (χ4n) is 3.66. The molecule has 3 aromatic rings. The normalized spacial score (nSPS) is 14.0. The molecule has 1 atom stereocenters. The van der Waals surface area contributed by atoms with Crippen molar-refractivity contribution >= 4 is 5.97 Å². The largest absolute Gasteiger partial charge is 0.493 e. The molecule has 0 spiro atoms. The predicted molar refractivity (Wildman–Crippen MR) is 126 cm³/mol. The topological polar surface area (TPSA) is 102 Å². The Morgan fingerprint density at radius 2 is 1.82 bits per heavy atom. The monoisotopic (exact) mass is 447 g/mol. The van der Waals surface area contributed by atoms with Crippen LogP contribution in [0.15, 0.2) is 66.7 Å². The van der Waals surface area contributed by atoms with Gasteiger partial charge in [-0.3, -0.25) is 4.79 Å². The Morgan fingerprint density at radius 3 is 2.58 bits per heavy atom. The second-order valence-electron chi connectivity index (χ2n) is 8.50.